The molecule has 1 aliphatic heterocycles. The Balaban J connectivity index is 2.14. The lowest BCUT2D eigenvalue weighted by Crippen LogP contribution is -2.31. The molecule has 1 atom stereocenters. The van der Waals surface area contributed by atoms with Gasteiger partial charge in [-0.05, 0) is 48.7 Å². The van der Waals surface area contributed by atoms with Crippen LogP contribution in [-0.2, 0) is 44.6 Å². The molecule has 2 aromatic carbocycles. The van der Waals surface area contributed by atoms with Gasteiger partial charge in [0.25, 0.3) is 0 Å². The summed E-state index contributed by atoms with van der Waals surface area (Å²) < 4.78 is 80.7. The first kappa shape index (κ1) is 31.4. The average molecular weight is 604 g/mol. The molecule has 0 aromatic heterocycles. The summed E-state index contributed by atoms with van der Waals surface area (Å²) in [5.74, 6) is -0.850. The van der Waals surface area contributed by atoms with Gasteiger partial charge in [0, 0.05) is 42.0 Å². The summed E-state index contributed by atoms with van der Waals surface area (Å²) >= 11 is 0.470. The molecule has 2 aromatic rings. The topological polar surface area (TPSA) is 185 Å². The third kappa shape index (κ3) is 7.35. The molecule has 0 saturated heterocycles. The van der Waals surface area contributed by atoms with E-state index < -0.39 is 36.3 Å². The van der Waals surface area contributed by atoms with Crippen molar-refractivity contribution in [2.45, 2.75) is 67.6 Å². The summed E-state index contributed by atoms with van der Waals surface area (Å²) in [6, 6.07) is 5.85. The molecule has 216 valence electrons. The molecule has 0 fully saturated rings. The number of fused-ring (bicyclic) bond motifs is 3. The van der Waals surface area contributed by atoms with Gasteiger partial charge in [-0.25, -0.2) is 16.8 Å². The van der Waals surface area contributed by atoms with Crippen LogP contribution in [0.2, 0.25) is 0 Å². The maximum Gasteiger partial charge on any atom is 0.305 e. The first-order valence-electron chi connectivity index (χ1n) is 12.0. The summed E-state index contributed by atoms with van der Waals surface area (Å²) in [4.78, 5) is 11.1. The van der Waals surface area contributed by atoms with Gasteiger partial charge >= 0.3 is 5.97 Å². The van der Waals surface area contributed by atoms with Crippen LogP contribution < -0.4 is 5.26 Å². The van der Waals surface area contributed by atoms with Gasteiger partial charge in [-0.1, -0.05) is 12.8 Å². The van der Waals surface area contributed by atoms with Crippen molar-refractivity contribution in [1.82, 2.24) is 0 Å². The Morgan fingerprint density at radius 2 is 1.77 bits per heavy atom. The molecule has 0 bridgehead atoms. The van der Waals surface area contributed by atoms with Crippen LogP contribution in [0.5, 0.6) is 0 Å². The molecular weight excluding hydrogens is 574 g/mol. The van der Waals surface area contributed by atoms with Crippen molar-refractivity contribution in [3.63, 3.8) is 0 Å². The van der Waals surface area contributed by atoms with Gasteiger partial charge in [0.2, 0.25) is 5.69 Å². The third-order valence-electron chi connectivity index (χ3n) is 7.10. The van der Waals surface area contributed by atoms with E-state index in [2.05, 4.69) is 14.1 Å². The van der Waals surface area contributed by atoms with E-state index in [1.54, 1.807) is 12.1 Å². The van der Waals surface area contributed by atoms with Gasteiger partial charge in [0.05, 0.1) is 39.6 Å². The van der Waals surface area contributed by atoms with Crippen molar-refractivity contribution < 1.29 is 54.7 Å². The monoisotopic (exact) mass is 603 g/mol. The first-order chi connectivity index (χ1) is 18.2. The van der Waals surface area contributed by atoms with Crippen molar-refractivity contribution >= 4 is 60.4 Å². The molecule has 0 spiro atoms. The fourth-order valence-electron chi connectivity index (χ4n) is 5.11. The van der Waals surface area contributed by atoms with E-state index >= 15 is 0 Å². The lowest BCUT2D eigenvalue weighted by molar-refractivity contribution is -0.777. The maximum absolute atomic E-state index is 12.0. The van der Waals surface area contributed by atoms with Crippen LogP contribution in [-0.4, -0.2) is 61.6 Å². The van der Waals surface area contributed by atoms with E-state index in [0.717, 1.165) is 11.8 Å². The minimum atomic E-state index is -4.89. The van der Waals surface area contributed by atoms with Crippen LogP contribution >= 0.6 is 12.0 Å². The molecule has 0 radical (unpaired) electrons. The predicted octanol–water partition coefficient (Wildman–Crippen LogP) is 2.41. The van der Waals surface area contributed by atoms with E-state index in [-0.39, 0.29) is 30.3 Å². The number of carbonyl (C=O) groups is 1. The van der Waals surface area contributed by atoms with Crippen molar-refractivity contribution in [3.05, 3.63) is 29.8 Å². The lowest BCUT2D eigenvalue weighted by atomic mass is 9.74. The fourth-order valence-corrected chi connectivity index (χ4v) is 6.74. The molecular formula is C24H29NO11S3-2. The van der Waals surface area contributed by atoms with E-state index in [9.17, 15) is 36.0 Å². The SMILES string of the molecule is COC(=O)CCCCCC1(C)C(C)=[N+](CCCS(=O)(=O)[O-])c2ccc3c(SOO[O-])cc(S(=O)(=O)[O-])cc3c21. The van der Waals surface area contributed by atoms with Crippen LogP contribution in [0.4, 0.5) is 5.69 Å². The molecule has 1 aliphatic rings. The number of methoxy groups -OCH3 is 1. The van der Waals surface area contributed by atoms with Gasteiger partial charge in [0.1, 0.15) is 16.7 Å². The second kappa shape index (κ2) is 12.6. The minimum absolute atomic E-state index is 0.0701. The van der Waals surface area contributed by atoms with E-state index in [4.69, 9.17) is 0 Å². The van der Waals surface area contributed by atoms with E-state index in [0.29, 0.717) is 59.7 Å². The predicted molar refractivity (Wildman–Crippen MR) is 137 cm³/mol. The number of rotatable bonds is 14. The number of hydrogen-bond acceptors (Lipinski definition) is 12. The highest BCUT2D eigenvalue weighted by atomic mass is 32.2. The molecule has 0 saturated carbocycles. The molecule has 15 heteroatoms. The minimum Gasteiger partial charge on any atom is -0.748 e. The number of esters is 1. The van der Waals surface area contributed by atoms with Gasteiger partial charge in [-0.3, -0.25) is 9.83 Å². The standard InChI is InChI=1S/C24H31NO11S3/c1-16-24(2,11-6-4-5-8-22(26)34-3)23-19-14-17(39(31,32)33)15-21(37-36-35-27)18(19)9-10-20(23)25(16)12-7-13-38(28,29)30/h9-10,14-15H,4-8,11-13H2,1-3H3,(H2-,27,28,29,30,31,32,33)/p-2. The Bertz CT molecular complexity index is 1490. The fraction of sp³-hybridized carbons (Fsp3) is 0.500. The Labute approximate surface area is 231 Å². The van der Waals surface area contributed by atoms with E-state index in [1.807, 2.05) is 18.4 Å². The molecule has 0 amide bonds. The van der Waals surface area contributed by atoms with Crippen molar-refractivity contribution in [3.8, 4) is 0 Å². The zero-order chi connectivity index (χ0) is 29.0. The smallest absolute Gasteiger partial charge is 0.305 e. The maximum atomic E-state index is 12.0. The second-order valence-corrected chi connectivity index (χ2v) is 13.1. The molecule has 1 unspecified atom stereocenters. The quantitative estimate of drug-likeness (QED) is 0.0585. The summed E-state index contributed by atoms with van der Waals surface area (Å²) in [7, 11) is -7.99. The number of benzene rings is 2. The first-order valence-corrected chi connectivity index (χ1v) is 15.8. The summed E-state index contributed by atoms with van der Waals surface area (Å²) in [6.45, 7) is 4.07. The van der Waals surface area contributed by atoms with Crippen LogP contribution in [0.25, 0.3) is 10.8 Å². The van der Waals surface area contributed by atoms with Crippen molar-refractivity contribution in [1.29, 1.82) is 0 Å². The lowest BCUT2D eigenvalue weighted by Gasteiger charge is -2.24. The normalized spacial score (nSPS) is 17.6. The van der Waals surface area contributed by atoms with Crippen molar-refractivity contribution in [2.24, 2.45) is 0 Å². The van der Waals surface area contributed by atoms with E-state index in [1.165, 1.54) is 13.2 Å². The molecule has 0 N–H and O–H groups in total. The molecule has 1 heterocycles. The molecule has 0 aliphatic carbocycles. The highest BCUT2D eigenvalue weighted by Gasteiger charge is 2.47. The van der Waals surface area contributed by atoms with Crippen molar-refractivity contribution in [2.75, 3.05) is 19.4 Å². The zero-order valence-corrected chi connectivity index (χ0v) is 24.1. The second-order valence-electron chi connectivity index (χ2n) is 9.47. The molecule has 39 heavy (non-hydrogen) atoms. The molecule has 3 rings (SSSR count). The van der Waals surface area contributed by atoms with Crippen LogP contribution in [0, 0.1) is 0 Å². The van der Waals surface area contributed by atoms with Crippen LogP contribution in [0.15, 0.2) is 34.1 Å². The summed E-state index contributed by atoms with van der Waals surface area (Å²) in [6.07, 6.45) is 2.94. The highest BCUT2D eigenvalue weighted by molar-refractivity contribution is 7.94. The number of carbonyl (C=O) groups excluding carboxylic acids is 1. The number of hydrogen-bond donors (Lipinski definition) is 0. The summed E-state index contributed by atoms with van der Waals surface area (Å²) in [5.41, 5.74) is 1.56. The number of nitrogens with zero attached hydrogens (tertiary/aromatic N) is 1. The number of unbranched alkanes of at least 4 members (excludes halogenated alkanes) is 2. The Morgan fingerprint density at radius 3 is 2.38 bits per heavy atom. The number of ether oxygens (including phenoxy) is 1. The Hall–Kier alpha value is -2.11. The average Bonchev–Trinajstić information content (AvgIpc) is 3.07. The van der Waals surface area contributed by atoms with Gasteiger partial charge < -0.3 is 19.1 Å². The summed E-state index contributed by atoms with van der Waals surface area (Å²) in [5, 5.41) is 14.9. The highest BCUT2D eigenvalue weighted by Crippen LogP contribution is 2.48. The van der Waals surface area contributed by atoms with Crippen LogP contribution in [0.3, 0.4) is 0 Å². The zero-order valence-electron chi connectivity index (χ0n) is 21.6. The largest absolute Gasteiger partial charge is 0.748 e. The van der Waals surface area contributed by atoms with Gasteiger partial charge in [-0.2, -0.15) is 8.91 Å². The third-order valence-corrected chi connectivity index (χ3v) is 9.34. The Morgan fingerprint density at radius 1 is 1.05 bits per heavy atom. The van der Waals surface area contributed by atoms with Gasteiger partial charge in [0.15, 0.2) is 5.71 Å². The van der Waals surface area contributed by atoms with Gasteiger partial charge in [-0.15, -0.1) is 0 Å². The molecule has 12 nitrogen and oxygen atoms in total. The Kier molecular flexibility index (Phi) is 10.1. The van der Waals surface area contributed by atoms with Crippen LogP contribution in [0.1, 0.15) is 57.9 Å².